The highest BCUT2D eigenvalue weighted by Crippen LogP contribution is 2.16. The van der Waals surface area contributed by atoms with Crippen LogP contribution in [0, 0.1) is 0 Å². The van der Waals surface area contributed by atoms with Crippen molar-refractivity contribution in [1.29, 1.82) is 0 Å². The van der Waals surface area contributed by atoms with Crippen LogP contribution in [0.25, 0.3) is 0 Å². The van der Waals surface area contributed by atoms with Gasteiger partial charge in [0.05, 0.1) is 6.20 Å². The minimum Gasteiger partial charge on any atom is -0.492 e. The van der Waals surface area contributed by atoms with Gasteiger partial charge in [0.1, 0.15) is 18.1 Å². The predicted octanol–water partition coefficient (Wildman–Crippen LogP) is 1.83. The molecule has 0 fully saturated rings. The number of anilines is 1. The summed E-state index contributed by atoms with van der Waals surface area (Å²) in [7, 11) is 0. The summed E-state index contributed by atoms with van der Waals surface area (Å²) in [5.74, 6) is 1.03. The van der Waals surface area contributed by atoms with Gasteiger partial charge in [-0.2, -0.15) is 0 Å². The molecule has 0 aliphatic carbocycles. The number of carbonyl (C=O) groups is 1. The number of amides is 1. The van der Waals surface area contributed by atoms with Gasteiger partial charge >= 0.3 is 0 Å². The molecular formula is C16H19N3O3. The molecule has 6 heteroatoms. The molecule has 1 aromatic carbocycles. The van der Waals surface area contributed by atoms with E-state index in [9.17, 15) is 4.79 Å². The summed E-state index contributed by atoms with van der Waals surface area (Å²) in [5, 5.41) is 2.78. The molecule has 0 saturated carbocycles. The highest BCUT2D eigenvalue weighted by Gasteiger charge is 2.14. The molecule has 1 heterocycles. The summed E-state index contributed by atoms with van der Waals surface area (Å²) in [4.78, 5) is 16.0. The molecule has 1 atom stereocenters. The molecule has 0 aliphatic rings. The molecule has 1 amide bonds. The Bertz CT molecular complexity index is 587. The van der Waals surface area contributed by atoms with Gasteiger partial charge in [-0.15, -0.1) is 0 Å². The van der Waals surface area contributed by atoms with Gasteiger partial charge in [-0.25, -0.2) is 0 Å². The number of hydrogen-bond donors (Lipinski definition) is 2. The van der Waals surface area contributed by atoms with E-state index >= 15 is 0 Å². The van der Waals surface area contributed by atoms with Gasteiger partial charge in [-0.05, 0) is 43.3 Å². The van der Waals surface area contributed by atoms with Crippen molar-refractivity contribution in [3.8, 4) is 11.5 Å². The van der Waals surface area contributed by atoms with E-state index in [4.69, 9.17) is 15.2 Å². The largest absolute Gasteiger partial charge is 0.492 e. The highest BCUT2D eigenvalue weighted by molar-refractivity contribution is 5.94. The first-order valence-electron chi connectivity index (χ1n) is 6.99. The number of nitrogens with two attached hydrogens (primary N) is 1. The van der Waals surface area contributed by atoms with Crippen molar-refractivity contribution in [3.63, 3.8) is 0 Å². The molecule has 3 N–H and O–H groups in total. The molecule has 1 aromatic heterocycles. The monoisotopic (exact) mass is 301 g/mol. The van der Waals surface area contributed by atoms with Gasteiger partial charge in [0.2, 0.25) is 0 Å². The maximum absolute atomic E-state index is 12.1. The maximum Gasteiger partial charge on any atom is 0.265 e. The molecule has 0 saturated heterocycles. The number of aromatic nitrogens is 1. The highest BCUT2D eigenvalue weighted by atomic mass is 16.5. The first-order chi connectivity index (χ1) is 10.7. The predicted molar refractivity (Wildman–Crippen MR) is 83.9 cm³/mol. The average molecular weight is 301 g/mol. The number of hydrogen-bond acceptors (Lipinski definition) is 5. The molecular weight excluding hydrogens is 282 g/mol. The van der Waals surface area contributed by atoms with Crippen molar-refractivity contribution in [2.24, 2.45) is 5.73 Å². The first kappa shape index (κ1) is 15.8. The number of carbonyl (C=O) groups excluding carboxylic acids is 1. The summed E-state index contributed by atoms with van der Waals surface area (Å²) in [6.45, 7) is 2.60. The van der Waals surface area contributed by atoms with E-state index in [1.165, 1.54) is 0 Å². The number of rotatable bonds is 7. The lowest BCUT2D eigenvalue weighted by molar-refractivity contribution is -0.122. The number of ether oxygens (including phenoxy) is 2. The van der Waals surface area contributed by atoms with Crippen LogP contribution in [0.15, 0.2) is 48.8 Å². The maximum atomic E-state index is 12.1. The van der Waals surface area contributed by atoms with Crippen molar-refractivity contribution in [2.45, 2.75) is 13.0 Å². The van der Waals surface area contributed by atoms with E-state index in [1.807, 2.05) is 0 Å². The third-order valence-electron chi connectivity index (χ3n) is 2.82. The topological polar surface area (TPSA) is 86.5 Å². The van der Waals surface area contributed by atoms with Gasteiger partial charge in [0, 0.05) is 18.4 Å². The zero-order chi connectivity index (χ0) is 15.8. The van der Waals surface area contributed by atoms with Crippen LogP contribution in [0.4, 0.5) is 5.69 Å². The van der Waals surface area contributed by atoms with Crippen molar-refractivity contribution < 1.29 is 14.3 Å². The second-order valence-corrected chi connectivity index (χ2v) is 4.60. The number of pyridine rings is 1. The Morgan fingerprint density at radius 2 is 2.05 bits per heavy atom. The van der Waals surface area contributed by atoms with Crippen molar-refractivity contribution >= 4 is 11.6 Å². The third-order valence-corrected chi connectivity index (χ3v) is 2.82. The van der Waals surface area contributed by atoms with E-state index in [1.54, 1.807) is 55.7 Å². The lowest BCUT2D eigenvalue weighted by Gasteiger charge is -2.14. The Morgan fingerprint density at radius 3 is 2.68 bits per heavy atom. The minimum absolute atomic E-state index is 0.237. The molecule has 22 heavy (non-hydrogen) atoms. The fourth-order valence-electron chi connectivity index (χ4n) is 1.73. The first-order valence-corrected chi connectivity index (χ1v) is 6.99. The van der Waals surface area contributed by atoms with Crippen molar-refractivity contribution in [2.75, 3.05) is 18.5 Å². The van der Waals surface area contributed by atoms with E-state index in [2.05, 4.69) is 10.3 Å². The number of benzene rings is 1. The standard InChI is InChI=1S/C16H19N3O3/c1-12(22-15-3-2-9-18-11-15)16(20)19-13-4-6-14(7-5-13)21-10-8-17/h2-7,9,11-12H,8,10,17H2,1H3,(H,19,20). The van der Waals surface area contributed by atoms with Gasteiger partial charge < -0.3 is 20.5 Å². The molecule has 0 spiro atoms. The summed E-state index contributed by atoms with van der Waals surface area (Å²) in [6, 6.07) is 10.6. The Labute approximate surface area is 129 Å². The summed E-state index contributed by atoms with van der Waals surface area (Å²) in [5.41, 5.74) is 6.04. The van der Waals surface area contributed by atoms with Crippen LogP contribution >= 0.6 is 0 Å². The Morgan fingerprint density at radius 1 is 1.27 bits per heavy atom. The summed E-state index contributed by atoms with van der Waals surface area (Å²) < 4.78 is 10.9. The van der Waals surface area contributed by atoms with Gasteiger partial charge in [-0.3, -0.25) is 9.78 Å². The smallest absolute Gasteiger partial charge is 0.265 e. The van der Waals surface area contributed by atoms with E-state index < -0.39 is 6.10 Å². The van der Waals surface area contributed by atoms with E-state index in [0.29, 0.717) is 30.3 Å². The lowest BCUT2D eigenvalue weighted by atomic mass is 10.3. The molecule has 0 radical (unpaired) electrons. The van der Waals surface area contributed by atoms with Gasteiger partial charge in [0.25, 0.3) is 5.91 Å². The minimum atomic E-state index is -0.627. The van der Waals surface area contributed by atoms with Crippen LogP contribution in [0.5, 0.6) is 11.5 Å². The Kier molecular flexibility index (Phi) is 5.73. The van der Waals surface area contributed by atoms with Crippen LogP contribution in [0.2, 0.25) is 0 Å². The zero-order valence-electron chi connectivity index (χ0n) is 12.4. The van der Waals surface area contributed by atoms with Crippen LogP contribution in [-0.4, -0.2) is 30.1 Å². The lowest BCUT2D eigenvalue weighted by Crippen LogP contribution is -2.30. The Hall–Kier alpha value is -2.60. The van der Waals surface area contributed by atoms with Gasteiger partial charge in [-0.1, -0.05) is 0 Å². The normalized spacial score (nSPS) is 11.5. The molecule has 6 nitrogen and oxygen atoms in total. The molecule has 0 bridgehead atoms. The molecule has 1 unspecified atom stereocenters. The fourth-order valence-corrected chi connectivity index (χ4v) is 1.73. The average Bonchev–Trinajstić information content (AvgIpc) is 2.55. The van der Waals surface area contributed by atoms with E-state index in [0.717, 1.165) is 0 Å². The second-order valence-electron chi connectivity index (χ2n) is 4.60. The molecule has 116 valence electrons. The molecule has 2 aromatic rings. The van der Waals surface area contributed by atoms with Crippen molar-refractivity contribution in [3.05, 3.63) is 48.8 Å². The second kappa shape index (κ2) is 7.99. The SMILES string of the molecule is CC(Oc1cccnc1)C(=O)Nc1ccc(OCCN)cc1. The molecule has 0 aliphatic heterocycles. The zero-order valence-corrected chi connectivity index (χ0v) is 12.4. The number of nitrogens with one attached hydrogen (secondary N) is 1. The van der Waals surface area contributed by atoms with Crippen LogP contribution in [0.1, 0.15) is 6.92 Å². The van der Waals surface area contributed by atoms with Crippen LogP contribution in [0.3, 0.4) is 0 Å². The molecule has 2 rings (SSSR count). The van der Waals surface area contributed by atoms with Crippen LogP contribution in [-0.2, 0) is 4.79 Å². The summed E-state index contributed by atoms with van der Waals surface area (Å²) in [6.07, 6.45) is 2.58. The summed E-state index contributed by atoms with van der Waals surface area (Å²) >= 11 is 0. The van der Waals surface area contributed by atoms with Gasteiger partial charge in [0.15, 0.2) is 6.10 Å². The third kappa shape index (κ3) is 4.75. The fraction of sp³-hybridized carbons (Fsp3) is 0.250. The Balaban J connectivity index is 1.88. The van der Waals surface area contributed by atoms with Crippen molar-refractivity contribution in [1.82, 2.24) is 4.98 Å². The van der Waals surface area contributed by atoms with E-state index in [-0.39, 0.29) is 5.91 Å². The number of nitrogens with zero attached hydrogens (tertiary/aromatic N) is 1. The van der Waals surface area contributed by atoms with Crippen LogP contribution < -0.4 is 20.5 Å². The quantitative estimate of drug-likeness (QED) is 0.814.